The molecule has 4 nitrogen and oxygen atoms in total. The van der Waals surface area contributed by atoms with Crippen molar-refractivity contribution in [1.29, 1.82) is 0 Å². The van der Waals surface area contributed by atoms with E-state index in [1.165, 1.54) is 0 Å². The lowest BCUT2D eigenvalue weighted by Crippen LogP contribution is -2.58. The maximum Gasteiger partial charge on any atom is 0.390 e. The summed E-state index contributed by atoms with van der Waals surface area (Å²) in [6, 6.07) is 0. The Morgan fingerprint density at radius 1 is 1.28 bits per heavy atom. The predicted octanol–water partition coefficient (Wildman–Crippen LogP) is 1.46. The Balaban J connectivity index is 3.33. The molecule has 1 unspecified atom stereocenters. The Bertz CT molecular complexity index is 455. The number of rotatable bonds is 2. The maximum atomic E-state index is 13.5. The number of hydrogen-bond donors (Lipinski definition) is 1. The molecule has 0 amide bonds. The van der Waals surface area contributed by atoms with Crippen molar-refractivity contribution < 1.29 is 40.3 Å². The number of sulfone groups is 1. The van der Waals surface area contributed by atoms with E-state index in [9.17, 15) is 35.2 Å². The van der Waals surface area contributed by atoms with E-state index in [1.54, 1.807) is 0 Å². The van der Waals surface area contributed by atoms with Gasteiger partial charge in [-0.1, -0.05) is 0 Å². The average Bonchev–Trinajstić information content (AvgIpc) is 2.09. The molecule has 1 heterocycles. The smallest absolute Gasteiger partial charge is 0.390 e. The number of halogens is 5. The van der Waals surface area contributed by atoms with Crippen LogP contribution in [0, 0.1) is 5.41 Å². The fourth-order valence-corrected chi connectivity index (χ4v) is 3.79. The minimum atomic E-state index is -5.20. The Labute approximate surface area is 98.7 Å². The third-order valence-corrected chi connectivity index (χ3v) is 4.56. The van der Waals surface area contributed by atoms with Gasteiger partial charge in [0.25, 0.3) is 5.92 Å². The molecule has 0 saturated carbocycles. The lowest BCUT2D eigenvalue weighted by Gasteiger charge is -2.40. The van der Waals surface area contributed by atoms with Gasteiger partial charge in [-0.25, -0.2) is 17.2 Å². The number of carboxylic acid groups (broad SMARTS) is 1. The largest absolute Gasteiger partial charge is 0.481 e. The summed E-state index contributed by atoms with van der Waals surface area (Å²) >= 11 is 0. The van der Waals surface area contributed by atoms with E-state index in [0.717, 1.165) is 0 Å². The number of carboxylic acids is 1. The zero-order chi connectivity index (χ0) is 14.4. The summed E-state index contributed by atoms with van der Waals surface area (Å²) in [7, 11) is -4.24. The van der Waals surface area contributed by atoms with Crippen LogP contribution in [-0.2, 0) is 14.6 Å². The molecular formula is C8H9F5O4S. The SMILES string of the molecule is O=C(O)C1(CC(F)(F)F)CS(=O)(=O)CCC1(F)F. The van der Waals surface area contributed by atoms with Crippen molar-refractivity contribution in [1.82, 2.24) is 0 Å². The molecule has 0 aliphatic carbocycles. The maximum absolute atomic E-state index is 13.5. The minimum Gasteiger partial charge on any atom is -0.481 e. The third-order valence-electron chi connectivity index (χ3n) is 2.81. The van der Waals surface area contributed by atoms with Gasteiger partial charge in [0.2, 0.25) is 0 Å². The van der Waals surface area contributed by atoms with Crippen molar-refractivity contribution in [2.45, 2.75) is 24.9 Å². The molecule has 0 aromatic carbocycles. The number of hydrogen-bond acceptors (Lipinski definition) is 3. The zero-order valence-corrected chi connectivity index (χ0v) is 9.61. The van der Waals surface area contributed by atoms with Gasteiger partial charge >= 0.3 is 12.1 Å². The first-order chi connectivity index (χ1) is 7.81. The van der Waals surface area contributed by atoms with Crippen molar-refractivity contribution in [3.8, 4) is 0 Å². The van der Waals surface area contributed by atoms with Crippen LogP contribution in [0.4, 0.5) is 22.0 Å². The average molecular weight is 296 g/mol. The van der Waals surface area contributed by atoms with Gasteiger partial charge in [-0.15, -0.1) is 0 Å². The van der Waals surface area contributed by atoms with Gasteiger partial charge in [-0.05, 0) is 0 Å². The van der Waals surface area contributed by atoms with E-state index in [0.29, 0.717) is 0 Å². The molecule has 1 fully saturated rings. The van der Waals surface area contributed by atoms with Crippen LogP contribution in [-0.4, -0.2) is 43.1 Å². The first-order valence-electron chi connectivity index (χ1n) is 4.70. The van der Waals surface area contributed by atoms with Crippen molar-refractivity contribution in [2.75, 3.05) is 11.5 Å². The molecule has 10 heteroatoms. The van der Waals surface area contributed by atoms with Crippen LogP contribution in [0.5, 0.6) is 0 Å². The molecule has 1 aliphatic heterocycles. The monoisotopic (exact) mass is 296 g/mol. The van der Waals surface area contributed by atoms with Crippen LogP contribution in [0.2, 0.25) is 0 Å². The van der Waals surface area contributed by atoms with E-state index < -0.39 is 57.7 Å². The van der Waals surface area contributed by atoms with Crippen molar-refractivity contribution in [3.63, 3.8) is 0 Å². The first kappa shape index (κ1) is 15.1. The third kappa shape index (κ3) is 2.73. The molecule has 0 spiro atoms. The fraction of sp³-hybridized carbons (Fsp3) is 0.875. The minimum absolute atomic E-state index is 1.02. The lowest BCUT2D eigenvalue weighted by molar-refractivity contribution is -0.217. The van der Waals surface area contributed by atoms with Gasteiger partial charge in [-0.2, -0.15) is 13.2 Å². The Hall–Kier alpha value is -0.930. The van der Waals surface area contributed by atoms with E-state index >= 15 is 0 Å². The topological polar surface area (TPSA) is 71.4 Å². The van der Waals surface area contributed by atoms with Crippen molar-refractivity contribution >= 4 is 15.8 Å². The van der Waals surface area contributed by atoms with Crippen LogP contribution in [0.15, 0.2) is 0 Å². The van der Waals surface area contributed by atoms with Crippen LogP contribution < -0.4 is 0 Å². The van der Waals surface area contributed by atoms with E-state index in [-0.39, 0.29) is 0 Å². The zero-order valence-electron chi connectivity index (χ0n) is 8.80. The summed E-state index contributed by atoms with van der Waals surface area (Å²) in [6.07, 6.45) is -8.99. The Kier molecular flexibility index (Phi) is 3.39. The number of aliphatic carboxylic acids is 1. The molecule has 1 saturated heterocycles. The Morgan fingerprint density at radius 3 is 2.17 bits per heavy atom. The van der Waals surface area contributed by atoms with Crippen molar-refractivity contribution in [2.24, 2.45) is 5.41 Å². The summed E-state index contributed by atoms with van der Waals surface area (Å²) in [5, 5.41) is 8.68. The van der Waals surface area contributed by atoms with Gasteiger partial charge in [0.05, 0.1) is 17.9 Å². The summed E-state index contributed by atoms with van der Waals surface area (Å²) in [6.45, 7) is 0. The highest BCUT2D eigenvalue weighted by molar-refractivity contribution is 7.91. The molecule has 1 atom stereocenters. The van der Waals surface area contributed by atoms with E-state index in [4.69, 9.17) is 5.11 Å². The summed E-state index contributed by atoms with van der Waals surface area (Å²) in [5.41, 5.74) is -3.64. The van der Waals surface area contributed by atoms with Crippen LogP contribution in [0.3, 0.4) is 0 Å². The quantitative estimate of drug-likeness (QED) is 0.783. The molecule has 0 bridgehead atoms. The molecule has 18 heavy (non-hydrogen) atoms. The highest BCUT2D eigenvalue weighted by Crippen LogP contribution is 2.50. The normalized spacial score (nSPS) is 30.9. The second kappa shape index (κ2) is 4.04. The molecule has 106 valence electrons. The van der Waals surface area contributed by atoms with Gasteiger partial charge in [0.1, 0.15) is 0 Å². The highest BCUT2D eigenvalue weighted by atomic mass is 32.2. The van der Waals surface area contributed by atoms with E-state index in [2.05, 4.69) is 0 Å². The molecular weight excluding hydrogens is 287 g/mol. The van der Waals surface area contributed by atoms with Gasteiger partial charge < -0.3 is 5.11 Å². The van der Waals surface area contributed by atoms with Crippen LogP contribution >= 0.6 is 0 Å². The number of carbonyl (C=O) groups is 1. The molecule has 1 N–H and O–H groups in total. The van der Waals surface area contributed by atoms with Crippen molar-refractivity contribution in [3.05, 3.63) is 0 Å². The van der Waals surface area contributed by atoms with Gasteiger partial charge in [0, 0.05) is 6.42 Å². The molecule has 0 radical (unpaired) electrons. The summed E-state index contributed by atoms with van der Waals surface area (Å²) < 4.78 is 86.1. The standard InChI is InChI=1S/C8H9F5O4S/c9-7(10)1-2-18(16,17)4-6(7,5(14)15)3-8(11,12)13/h1-4H2,(H,14,15). The highest BCUT2D eigenvalue weighted by Gasteiger charge is 2.67. The number of alkyl halides is 5. The lowest BCUT2D eigenvalue weighted by atomic mass is 9.78. The Morgan fingerprint density at radius 2 is 1.78 bits per heavy atom. The van der Waals surface area contributed by atoms with Crippen LogP contribution in [0.25, 0.3) is 0 Å². The molecule has 1 rings (SSSR count). The van der Waals surface area contributed by atoms with Gasteiger partial charge in [0.15, 0.2) is 15.3 Å². The summed E-state index contributed by atoms with van der Waals surface area (Å²) in [5.74, 6) is -9.40. The van der Waals surface area contributed by atoms with Gasteiger partial charge in [-0.3, -0.25) is 4.79 Å². The summed E-state index contributed by atoms with van der Waals surface area (Å²) in [4.78, 5) is 10.8. The second-order valence-corrected chi connectivity index (χ2v) is 6.41. The molecule has 1 aliphatic rings. The molecule has 0 aromatic rings. The van der Waals surface area contributed by atoms with E-state index in [1.807, 2.05) is 0 Å². The van der Waals surface area contributed by atoms with Crippen LogP contribution in [0.1, 0.15) is 12.8 Å². The molecule has 0 aromatic heterocycles. The second-order valence-electron chi connectivity index (χ2n) is 4.23. The first-order valence-corrected chi connectivity index (χ1v) is 6.52. The fourth-order valence-electron chi connectivity index (χ4n) is 1.89. The predicted molar refractivity (Wildman–Crippen MR) is 49.0 cm³/mol.